The molecule has 0 amide bonds. The number of ether oxygens (including phenoxy) is 1. The number of rotatable bonds is 1. The van der Waals surface area contributed by atoms with Gasteiger partial charge in [-0.05, 0) is 67.4 Å². The highest BCUT2D eigenvalue weighted by Crippen LogP contribution is 2.78. The van der Waals surface area contributed by atoms with Crippen LogP contribution < -0.4 is 5.63 Å². The smallest absolute Gasteiger partial charge is 0.335 e. The first-order chi connectivity index (χ1) is 14.2. The molecule has 0 unspecified atom stereocenters. The van der Waals surface area contributed by atoms with Crippen LogP contribution >= 0.6 is 0 Å². The number of aliphatic hydroxyl groups is 3. The first-order valence-electron chi connectivity index (χ1n) is 11.5. The van der Waals surface area contributed by atoms with Crippen LogP contribution in [0.2, 0.25) is 0 Å². The minimum absolute atomic E-state index is 0.0818. The maximum atomic E-state index is 11.6. The van der Waals surface area contributed by atoms with Gasteiger partial charge in [0.25, 0.3) is 0 Å². The molecule has 1 saturated heterocycles. The van der Waals surface area contributed by atoms with Gasteiger partial charge in [0, 0.05) is 23.8 Å². The second-order valence-electron chi connectivity index (χ2n) is 11.2. The Balaban J connectivity index is 1.41. The summed E-state index contributed by atoms with van der Waals surface area (Å²) in [6.45, 7) is 4.34. The molecule has 2 heterocycles. The summed E-state index contributed by atoms with van der Waals surface area (Å²) in [5, 5.41) is 33.4. The quantitative estimate of drug-likeness (QED) is 0.607. The molecule has 6 rings (SSSR count). The lowest BCUT2D eigenvalue weighted by molar-refractivity contribution is -0.240. The van der Waals surface area contributed by atoms with Crippen molar-refractivity contribution in [3.8, 4) is 0 Å². The van der Waals surface area contributed by atoms with Crippen LogP contribution in [-0.4, -0.2) is 44.8 Å². The number of epoxide rings is 1. The Morgan fingerprint density at radius 3 is 2.60 bits per heavy atom. The SMILES string of the molecule is C[C@@]12[C@@H](c3ccc(=O)oc3)C[C@H]3O[C@]31[C@@H]1CC[C@]3(O)C[C@@H](O)CC[C@]3(C)[C@H]1C[C@@H]2O. The fourth-order valence-electron chi connectivity index (χ4n) is 8.70. The first kappa shape index (κ1) is 19.5. The van der Waals surface area contributed by atoms with Crippen molar-refractivity contribution in [3.63, 3.8) is 0 Å². The fraction of sp³-hybridized carbons (Fsp3) is 0.792. The van der Waals surface area contributed by atoms with Gasteiger partial charge in [-0.25, -0.2) is 4.79 Å². The van der Waals surface area contributed by atoms with E-state index in [9.17, 15) is 20.1 Å². The molecule has 5 fully saturated rings. The van der Waals surface area contributed by atoms with E-state index in [2.05, 4.69) is 13.8 Å². The summed E-state index contributed by atoms with van der Waals surface area (Å²) in [5.41, 5.74) is -1.41. The molecule has 3 N–H and O–H groups in total. The van der Waals surface area contributed by atoms with Gasteiger partial charge in [0.15, 0.2) is 0 Å². The molecule has 5 aliphatic rings. The van der Waals surface area contributed by atoms with Gasteiger partial charge in [-0.2, -0.15) is 0 Å². The van der Waals surface area contributed by atoms with Crippen LogP contribution in [0.1, 0.15) is 70.3 Å². The maximum Gasteiger partial charge on any atom is 0.335 e. The predicted molar refractivity (Wildman–Crippen MR) is 108 cm³/mol. The van der Waals surface area contributed by atoms with E-state index < -0.39 is 23.2 Å². The van der Waals surface area contributed by atoms with Crippen molar-refractivity contribution in [3.05, 3.63) is 34.4 Å². The topological polar surface area (TPSA) is 103 Å². The van der Waals surface area contributed by atoms with Crippen molar-refractivity contribution in [2.24, 2.45) is 22.7 Å². The summed E-state index contributed by atoms with van der Waals surface area (Å²) in [4.78, 5) is 11.5. The average Bonchev–Trinajstić information content (AvgIpc) is 3.35. The third kappa shape index (κ3) is 2.07. The molecular weight excluding hydrogens is 384 g/mol. The van der Waals surface area contributed by atoms with E-state index in [0.717, 1.165) is 24.8 Å². The molecule has 0 aromatic carbocycles. The summed E-state index contributed by atoms with van der Waals surface area (Å²) in [6, 6.07) is 3.30. The molecular formula is C24H32O6. The highest BCUT2D eigenvalue weighted by Gasteiger charge is 2.83. The molecule has 1 aliphatic heterocycles. The Kier molecular flexibility index (Phi) is 3.75. The van der Waals surface area contributed by atoms with Crippen molar-refractivity contribution in [1.82, 2.24) is 0 Å². The van der Waals surface area contributed by atoms with Crippen LogP contribution in [0.15, 0.2) is 27.6 Å². The first-order valence-corrected chi connectivity index (χ1v) is 11.5. The number of hydrogen-bond donors (Lipinski definition) is 3. The second-order valence-corrected chi connectivity index (χ2v) is 11.2. The molecule has 1 spiro atoms. The van der Waals surface area contributed by atoms with Crippen LogP contribution in [0, 0.1) is 22.7 Å². The Morgan fingerprint density at radius 2 is 1.87 bits per heavy atom. The van der Waals surface area contributed by atoms with E-state index >= 15 is 0 Å². The molecule has 164 valence electrons. The van der Waals surface area contributed by atoms with Gasteiger partial charge in [0.1, 0.15) is 5.60 Å². The zero-order chi connectivity index (χ0) is 21.1. The van der Waals surface area contributed by atoms with Gasteiger partial charge in [-0.15, -0.1) is 0 Å². The largest absolute Gasteiger partial charge is 0.431 e. The zero-order valence-corrected chi connectivity index (χ0v) is 17.7. The van der Waals surface area contributed by atoms with E-state index in [4.69, 9.17) is 9.15 Å². The molecule has 1 aromatic heterocycles. The zero-order valence-electron chi connectivity index (χ0n) is 17.7. The van der Waals surface area contributed by atoms with Gasteiger partial charge in [-0.3, -0.25) is 0 Å². The lowest BCUT2D eigenvalue weighted by Crippen LogP contribution is -2.67. The molecule has 10 atom stereocenters. The van der Waals surface area contributed by atoms with Crippen molar-refractivity contribution in [2.45, 2.75) is 94.2 Å². The predicted octanol–water partition coefficient (Wildman–Crippen LogP) is 2.34. The van der Waals surface area contributed by atoms with Crippen LogP contribution in [0.5, 0.6) is 0 Å². The second kappa shape index (κ2) is 5.77. The third-order valence-electron chi connectivity index (χ3n) is 10.4. The molecule has 1 aromatic rings. The Hall–Kier alpha value is -1.21. The summed E-state index contributed by atoms with van der Waals surface area (Å²) in [7, 11) is 0. The maximum absolute atomic E-state index is 11.6. The van der Waals surface area contributed by atoms with Gasteiger partial charge in [0.05, 0.1) is 30.2 Å². The van der Waals surface area contributed by atoms with Crippen LogP contribution in [0.4, 0.5) is 0 Å². The fourth-order valence-corrected chi connectivity index (χ4v) is 8.70. The molecule has 30 heavy (non-hydrogen) atoms. The van der Waals surface area contributed by atoms with Gasteiger partial charge >= 0.3 is 5.63 Å². The summed E-state index contributed by atoms with van der Waals surface area (Å²) in [5.74, 6) is 0.541. The van der Waals surface area contributed by atoms with Crippen LogP contribution in [0.3, 0.4) is 0 Å². The van der Waals surface area contributed by atoms with E-state index in [-0.39, 0.29) is 40.5 Å². The van der Waals surface area contributed by atoms with Gasteiger partial charge in [0.2, 0.25) is 0 Å². The Labute approximate surface area is 176 Å². The van der Waals surface area contributed by atoms with Crippen molar-refractivity contribution in [1.29, 1.82) is 0 Å². The Bertz CT molecular complexity index is 923. The highest BCUT2D eigenvalue weighted by molar-refractivity contribution is 5.37. The van der Waals surface area contributed by atoms with Crippen molar-refractivity contribution in [2.75, 3.05) is 0 Å². The minimum atomic E-state index is -0.874. The number of hydrogen-bond acceptors (Lipinski definition) is 6. The molecule has 4 saturated carbocycles. The van der Waals surface area contributed by atoms with Crippen molar-refractivity contribution >= 4 is 0 Å². The van der Waals surface area contributed by atoms with Crippen LogP contribution in [0.25, 0.3) is 0 Å². The summed E-state index contributed by atoms with van der Waals surface area (Å²) < 4.78 is 11.6. The molecule has 0 bridgehead atoms. The minimum Gasteiger partial charge on any atom is -0.431 e. The number of aliphatic hydroxyl groups excluding tert-OH is 2. The molecule has 4 aliphatic carbocycles. The third-order valence-corrected chi connectivity index (χ3v) is 10.4. The Morgan fingerprint density at radius 1 is 1.07 bits per heavy atom. The summed E-state index contributed by atoms with van der Waals surface area (Å²) in [6.07, 6.45) is 5.58. The lowest BCUT2D eigenvalue weighted by atomic mass is 9.42. The molecule has 6 nitrogen and oxygen atoms in total. The van der Waals surface area contributed by atoms with Crippen LogP contribution in [-0.2, 0) is 4.74 Å². The normalized spacial score (nSPS) is 56.4. The standard InChI is InChI=1S/C24H32O6/c1-21-7-5-14(25)11-23(21,28)8-6-15-17(21)9-18(26)22(2)16(10-19-24(15,22)30-19)13-3-4-20(27)29-12-13/h3-4,12,14-19,25-26,28H,5-11H2,1-2H3/t14-,15+,16+,17-,18-,19+,21+,22-,23-,24+/m0/s1. The highest BCUT2D eigenvalue weighted by atomic mass is 16.6. The van der Waals surface area contributed by atoms with E-state index in [1.165, 1.54) is 6.07 Å². The van der Waals surface area contributed by atoms with E-state index in [0.29, 0.717) is 25.7 Å². The number of fused-ring (bicyclic) bond motifs is 3. The molecule has 0 radical (unpaired) electrons. The molecule has 6 heteroatoms. The van der Waals surface area contributed by atoms with Gasteiger partial charge < -0.3 is 24.5 Å². The summed E-state index contributed by atoms with van der Waals surface area (Å²) >= 11 is 0. The van der Waals surface area contributed by atoms with E-state index in [1.54, 1.807) is 6.26 Å². The van der Waals surface area contributed by atoms with Crippen molar-refractivity contribution < 1.29 is 24.5 Å². The lowest BCUT2D eigenvalue weighted by Gasteiger charge is -2.64. The monoisotopic (exact) mass is 416 g/mol. The average molecular weight is 417 g/mol. The van der Waals surface area contributed by atoms with Gasteiger partial charge in [-0.1, -0.05) is 13.8 Å². The van der Waals surface area contributed by atoms with E-state index in [1.807, 2.05) is 6.07 Å².